The van der Waals surface area contributed by atoms with E-state index in [1.165, 1.54) is 0 Å². The van der Waals surface area contributed by atoms with Crippen molar-refractivity contribution in [3.05, 3.63) is 64.1 Å². The zero-order valence-electron chi connectivity index (χ0n) is 11.2. The van der Waals surface area contributed by atoms with Crippen molar-refractivity contribution in [3.8, 4) is 0 Å². The Labute approximate surface area is 139 Å². The number of benzene rings is 2. The Morgan fingerprint density at radius 2 is 1.81 bits per heavy atom. The lowest BCUT2D eigenvalue weighted by molar-refractivity contribution is 1.04. The summed E-state index contributed by atoms with van der Waals surface area (Å²) in [5.41, 5.74) is 5.32. The van der Waals surface area contributed by atoms with E-state index in [4.69, 9.17) is 35.4 Å². The van der Waals surface area contributed by atoms with Gasteiger partial charge in [-0.2, -0.15) is 5.10 Å². The maximum absolute atomic E-state index is 6.06. The minimum atomic E-state index is 0.356. The zero-order chi connectivity index (χ0) is 15.2. The second-order valence-corrected chi connectivity index (χ2v) is 5.51. The van der Waals surface area contributed by atoms with Crippen LogP contribution in [0.4, 0.5) is 5.69 Å². The molecular weight excluding hydrogens is 325 g/mol. The van der Waals surface area contributed by atoms with Gasteiger partial charge in [0.2, 0.25) is 0 Å². The van der Waals surface area contributed by atoms with E-state index in [2.05, 4.69) is 15.8 Å². The molecule has 0 aliphatic rings. The molecular formula is C15H13Cl2N3S. The van der Waals surface area contributed by atoms with Crippen molar-refractivity contribution in [2.45, 2.75) is 6.92 Å². The fourth-order valence-corrected chi connectivity index (χ4v) is 2.23. The number of hydrogen-bond donors (Lipinski definition) is 2. The molecule has 0 aliphatic heterocycles. The molecule has 2 rings (SSSR count). The van der Waals surface area contributed by atoms with Crippen molar-refractivity contribution in [1.29, 1.82) is 0 Å². The van der Waals surface area contributed by atoms with E-state index in [0.29, 0.717) is 20.8 Å². The quantitative estimate of drug-likeness (QED) is 0.484. The van der Waals surface area contributed by atoms with Gasteiger partial charge in [0.1, 0.15) is 0 Å². The predicted octanol–water partition coefficient (Wildman–Crippen LogP) is 4.70. The second kappa shape index (κ2) is 7.41. The molecule has 2 aromatic carbocycles. The molecule has 3 nitrogen and oxygen atoms in total. The molecule has 0 aromatic heterocycles. The monoisotopic (exact) mass is 337 g/mol. The molecule has 2 N–H and O–H groups in total. The number of halogens is 2. The van der Waals surface area contributed by atoms with E-state index >= 15 is 0 Å². The smallest absolute Gasteiger partial charge is 0.191 e. The van der Waals surface area contributed by atoms with Gasteiger partial charge < -0.3 is 5.32 Å². The predicted molar refractivity (Wildman–Crippen MR) is 94.5 cm³/mol. The Balaban J connectivity index is 1.99. The highest BCUT2D eigenvalue weighted by atomic mass is 35.5. The van der Waals surface area contributed by atoms with Crippen LogP contribution in [0.1, 0.15) is 12.5 Å². The lowest BCUT2D eigenvalue weighted by Gasteiger charge is -2.09. The topological polar surface area (TPSA) is 36.4 Å². The van der Waals surface area contributed by atoms with E-state index in [1.807, 2.05) is 37.3 Å². The minimum absolute atomic E-state index is 0.356. The molecule has 0 fully saturated rings. The van der Waals surface area contributed by atoms with Crippen LogP contribution in [-0.2, 0) is 0 Å². The Bertz CT molecular complexity index is 672. The summed E-state index contributed by atoms with van der Waals surface area (Å²) in [5, 5.41) is 8.62. The molecule has 0 saturated carbocycles. The Hall–Kier alpha value is -1.62. The van der Waals surface area contributed by atoms with Gasteiger partial charge in [0.25, 0.3) is 0 Å². The van der Waals surface area contributed by atoms with Gasteiger partial charge in [-0.05, 0) is 42.9 Å². The SMILES string of the molecule is C/C(=N\NC(=S)Nc1ccc(Cl)cc1Cl)c1ccccc1. The van der Waals surface area contributed by atoms with Crippen LogP contribution >= 0.6 is 35.4 Å². The van der Waals surface area contributed by atoms with Gasteiger partial charge in [0, 0.05) is 5.02 Å². The highest BCUT2D eigenvalue weighted by Gasteiger charge is 2.03. The number of hydrazone groups is 1. The van der Waals surface area contributed by atoms with Crippen molar-refractivity contribution in [1.82, 2.24) is 5.43 Å². The first-order valence-corrected chi connectivity index (χ1v) is 7.34. The number of hydrogen-bond acceptors (Lipinski definition) is 2. The third kappa shape index (κ3) is 4.70. The highest BCUT2D eigenvalue weighted by molar-refractivity contribution is 7.80. The molecule has 0 amide bonds. The van der Waals surface area contributed by atoms with Crippen LogP contribution < -0.4 is 10.7 Å². The third-order valence-corrected chi connectivity index (χ3v) is 3.44. The van der Waals surface area contributed by atoms with Gasteiger partial charge in [0.15, 0.2) is 5.11 Å². The molecule has 2 aromatic rings. The molecule has 0 saturated heterocycles. The number of anilines is 1. The fourth-order valence-electron chi connectivity index (χ4n) is 1.62. The number of nitrogens with zero attached hydrogens (tertiary/aromatic N) is 1. The van der Waals surface area contributed by atoms with Gasteiger partial charge in [-0.25, -0.2) is 0 Å². The summed E-state index contributed by atoms with van der Waals surface area (Å²) < 4.78 is 0. The average Bonchev–Trinajstić information content (AvgIpc) is 2.48. The second-order valence-electron chi connectivity index (χ2n) is 4.25. The normalized spacial score (nSPS) is 11.1. The Kier molecular flexibility index (Phi) is 5.56. The van der Waals surface area contributed by atoms with E-state index in [1.54, 1.807) is 18.2 Å². The van der Waals surface area contributed by atoms with Gasteiger partial charge in [-0.1, -0.05) is 53.5 Å². The summed E-state index contributed by atoms with van der Waals surface area (Å²) in [7, 11) is 0. The summed E-state index contributed by atoms with van der Waals surface area (Å²) in [4.78, 5) is 0. The summed E-state index contributed by atoms with van der Waals surface area (Å²) in [6.45, 7) is 1.90. The highest BCUT2D eigenvalue weighted by Crippen LogP contribution is 2.25. The molecule has 108 valence electrons. The van der Waals surface area contributed by atoms with E-state index in [0.717, 1.165) is 11.3 Å². The number of nitrogens with one attached hydrogen (secondary N) is 2. The van der Waals surface area contributed by atoms with Gasteiger partial charge in [-0.3, -0.25) is 5.43 Å². The number of thiocarbonyl (C=S) groups is 1. The van der Waals surface area contributed by atoms with Crippen LogP contribution in [0.2, 0.25) is 10.0 Å². The zero-order valence-corrected chi connectivity index (χ0v) is 13.6. The molecule has 0 radical (unpaired) electrons. The van der Waals surface area contributed by atoms with Crippen molar-refractivity contribution in [2.75, 3.05) is 5.32 Å². The molecule has 6 heteroatoms. The lowest BCUT2D eigenvalue weighted by Crippen LogP contribution is -2.25. The van der Waals surface area contributed by atoms with E-state index in [-0.39, 0.29) is 0 Å². The first-order chi connectivity index (χ1) is 10.1. The van der Waals surface area contributed by atoms with Gasteiger partial charge in [-0.15, -0.1) is 0 Å². The lowest BCUT2D eigenvalue weighted by atomic mass is 10.1. The van der Waals surface area contributed by atoms with Crippen LogP contribution in [0.15, 0.2) is 53.6 Å². The van der Waals surface area contributed by atoms with Crippen molar-refractivity contribution in [2.24, 2.45) is 5.10 Å². The number of rotatable bonds is 3. The summed E-state index contributed by atoms with van der Waals surface area (Å²) in [5.74, 6) is 0. The van der Waals surface area contributed by atoms with Crippen LogP contribution in [0.25, 0.3) is 0 Å². The summed E-state index contributed by atoms with van der Waals surface area (Å²) in [6, 6.07) is 15.0. The van der Waals surface area contributed by atoms with Crippen molar-refractivity contribution >= 4 is 51.9 Å². The Morgan fingerprint density at radius 1 is 1.10 bits per heavy atom. The molecule has 0 unspecified atom stereocenters. The van der Waals surface area contributed by atoms with Gasteiger partial charge in [0.05, 0.1) is 16.4 Å². The summed E-state index contributed by atoms with van der Waals surface area (Å²) >= 11 is 17.1. The molecule has 21 heavy (non-hydrogen) atoms. The van der Waals surface area contributed by atoms with Gasteiger partial charge >= 0.3 is 0 Å². The minimum Gasteiger partial charge on any atom is -0.330 e. The van der Waals surface area contributed by atoms with Crippen LogP contribution in [-0.4, -0.2) is 10.8 Å². The molecule has 0 atom stereocenters. The van der Waals surface area contributed by atoms with Crippen LogP contribution in [0, 0.1) is 0 Å². The van der Waals surface area contributed by atoms with Crippen LogP contribution in [0.5, 0.6) is 0 Å². The maximum atomic E-state index is 6.06. The Morgan fingerprint density at radius 3 is 2.48 bits per heavy atom. The molecule has 0 aliphatic carbocycles. The average molecular weight is 338 g/mol. The van der Waals surface area contributed by atoms with Crippen molar-refractivity contribution < 1.29 is 0 Å². The first-order valence-electron chi connectivity index (χ1n) is 6.18. The largest absolute Gasteiger partial charge is 0.330 e. The van der Waals surface area contributed by atoms with E-state index in [9.17, 15) is 0 Å². The molecule has 0 heterocycles. The van der Waals surface area contributed by atoms with E-state index < -0.39 is 0 Å². The maximum Gasteiger partial charge on any atom is 0.191 e. The summed E-state index contributed by atoms with van der Waals surface area (Å²) in [6.07, 6.45) is 0. The van der Waals surface area contributed by atoms with Crippen LogP contribution in [0.3, 0.4) is 0 Å². The van der Waals surface area contributed by atoms with Crippen molar-refractivity contribution in [3.63, 3.8) is 0 Å². The fraction of sp³-hybridized carbons (Fsp3) is 0.0667. The standard InChI is InChI=1S/C15H13Cl2N3S/c1-10(11-5-3-2-4-6-11)19-20-15(21)18-14-8-7-12(16)9-13(14)17/h2-9H,1H3,(H2,18,20,21)/b19-10+. The molecule has 0 spiro atoms. The molecule has 0 bridgehead atoms. The third-order valence-electron chi connectivity index (χ3n) is 2.70. The first kappa shape index (κ1) is 15.8.